The molecule has 0 heterocycles. The monoisotopic (exact) mass is 480 g/mol. The lowest BCUT2D eigenvalue weighted by atomic mass is 10.0. The van der Waals surface area contributed by atoms with Gasteiger partial charge in [0.15, 0.2) is 0 Å². The minimum atomic E-state index is -1.69. The Morgan fingerprint density at radius 3 is 1.88 bits per heavy atom. The lowest BCUT2D eigenvalue weighted by Crippen LogP contribution is -2.58. The van der Waals surface area contributed by atoms with E-state index in [1.807, 2.05) is 19.2 Å². The van der Waals surface area contributed by atoms with Crippen molar-refractivity contribution in [2.45, 2.75) is 57.3 Å². The molecule has 1 rings (SSSR count). The van der Waals surface area contributed by atoms with Crippen molar-refractivity contribution in [3.8, 4) is 0 Å². The molecule has 1 aromatic rings. The number of aliphatic carboxylic acids is 2. The molecule has 1 aromatic carbocycles. The van der Waals surface area contributed by atoms with E-state index in [-0.39, 0.29) is 12.3 Å². The van der Waals surface area contributed by atoms with Gasteiger partial charge in [0.05, 0.1) is 19.1 Å². The summed E-state index contributed by atoms with van der Waals surface area (Å²) < 4.78 is 0. The Kier molecular flexibility index (Phi) is 11.7. The summed E-state index contributed by atoms with van der Waals surface area (Å²) >= 11 is 0. The minimum absolute atomic E-state index is 0.0304. The van der Waals surface area contributed by atoms with Gasteiger partial charge in [-0.2, -0.15) is 0 Å². The highest BCUT2D eigenvalue weighted by Gasteiger charge is 2.31. The third-order valence-electron chi connectivity index (χ3n) is 4.79. The van der Waals surface area contributed by atoms with Gasteiger partial charge in [-0.15, -0.1) is 0 Å². The second-order valence-electron chi connectivity index (χ2n) is 8.23. The molecular weight excluding hydrogens is 448 g/mol. The molecule has 3 amide bonds. The highest BCUT2D eigenvalue weighted by atomic mass is 16.4. The number of aliphatic hydroxyl groups excluding tert-OH is 1. The molecule has 12 nitrogen and oxygen atoms in total. The van der Waals surface area contributed by atoms with Crippen LogP contribution in [0.2, 0.25) is 0 Å². The quantitative estimate of drug-likeness (QED) is 0.167. The van der Waals surface area contributed by atoms with Gasteiger partial charge in [0.1, 0.15) is 18.1 Å². The van der Waals surface area contributed by atoms with E-state index >= 15 is 0 Å². The maximum absolute atomic E-state index is 13.0. The third kappa shape index (κ3) is 9.96. The summed E-state index contributed by atoms with van der Waals surface area (Å²) in [7, 11) is 0. The Balaban J connectivity index is 3.08. The Hall–Kier alpha value is -3.51. The van der Waals surface area contributed by atoms with Crippen LogP contribution in [0, 0.1) is 5.92 Å². The first-order valence-corrected chi connectivity index (χ1v) is 10.7. The van der Waals surface area contributed by atoms with Gasteiger partial charge < -0.3 is 37.0 Å². The lowest BCUT2D eigenvalue weighted by molar-refractivity contribution is -0.144. The third-order valence-corrected chi connectivity index (χ3v) is 4.79. The number of amides is 3. The van der Waals surface area contributed by atoms with E-state index in [1.165, 1.54) is 0 Å². The van der Waals surface area contributed by atoms with Crippen LogP contribution in [-0.4, -0.2) is 75.8 Å². The molecule has 0 aliphatic carbocycles. The normalized spacial score (nSPS) is 14.4. The van der Waals surface area contributed by atoms with Gasteiger partial charge in [-0.1, -0.05) is 44.2 Å². The van der Waals surface area contributed by atoms with E-state index in [9.17, 15) is 24.0 Å². The Morgan fingerprint density at radius 1 is 0.853 bits per heavy atom. The molecular formula is C22H32N4O8. The predicted octanol–water partition coefficient (Wildman–Crippen LogP) is -1.39. The number of carbonyl (C=O) groups is 5. The van der Waals surface area contributed by atoms with Crippen LogP contribution in [0.25, 0.3) is 0 Å². The second-order valence-corrected chi connectivity index (χ2v) is 8.23. The van der Waals surface area contributed by atoms with E-state index in [4.69, 9.17) is 21.1 Å². The van der Waals surface area contributed by atoms with Gasteiger partial charge in [0, 0.05) is 6.42 Å². The Labute approximate surface area is 196 Å². The smallest absolute Gasteiger partial charge is 0.328 e. The molecule has 0 aliphatic rings. The number of hydrogen-bond acceptors (Lipinski definition) is 7. The van der Waals surface area contributed by atoms with Crippen molar-refractivity contribution in [1.29, 1.82) is 0 Å². The van der Waals surface area contributed by atoms with Crippen molar-refractivity contribution in [2.75, 3.05) is 6.61 Å². The number of hydrogen-bond donors (Lipinski definition) is 7. The van der Waals surface area contributed by atoms with Crippen LogP contribution in [0.3, 0.4) is 0 Å². The van der Waals surface area contributed by atoms with Crippen molar-refractivity contribution >= 4 is 29.7 Å². The van der Waals surface area contributed by atoms with Gasteiger partial charge in [0.25, 0.3) is 0 Å². The highest BCUT2D eigenvalue weighted by molar-refractivity contribution is 5.95. The van der Waals surface area contributed by atoms with Crippen molar-refractivity contribution in [2.24, 2.45) is 11.7 Å². The average Bonchev–Trinajstić information content (AvgIpc) is 2.75. The fourth-order valence-electron chi connectivity index (χ4n) is 3.07. The summed E-state index contributed by atoms with van der Waals surface area (Å²) in [6, 6.07) is 3.27. The van der Waals surface area contributed by atoms with Crippen LogP contribution in [0.5, 0.6) is 0 Å². The zero-order valence-corrected chi connectivity index (χ0v) is 19.1. The molecule has 12 heteroatoms. The lowest BCUT2D eigenvalue weighted by Gasteiger charge is -2.24. The molecule has 0 radical (unpaired) electrons. The van der Waals surface area contributed by atoms with Gasteiger partial charge in [-0.3, -0.25) is 19.2 Å². The number of aliphatic hydroxyl groups is 1. The van der Waals surface area contributed by atoms with Crippen molar-refractivity contribution in [3.63, 3.8) is 0 Å². The first-order valence-electron chi connectivity index (χ1n) is 10.7. The summed E-state index contributed by atoms with van der Waals surface area (Å²) in [4.78, 5) is 60.3. The van der Waals surface area contributed by atoms with E-state index in [0.717, 1.165) is 0 Å². The summed E-state index contributed by atoms with van der Waals surface area (Å²) in [5, 5.41) is 34.0. The second kappa shape index (κ2) is 13.9. The predicted molar refractivity (Wildman–Crippen MR) is 120 cm³/mol. The molecule has 0 saturated heterocycles. The van der Waals surface area contributed by atoms with Gasteiger partial charge in [0.2, 0.25) is 17.7 Å². The number of nitrogens with one attached hydrogen (secondary N) is 3. The maximum atomic E-state index is 13.0. The minimum Gasteiger partial charge on any atom is -0.481 e. The standard InChI is InChI=1S/C22H32N4O8/c1-12(2)8-14(23)19(30)24-15(9-13-6-4-3-5-7-13)20(31)25-16(10-18(28)29)21(32)26-17(11-27)22(33)34/h3-7,12,14-17,27H,8-11,23H2,1-2H3,(H,24,30)(H,25,31)(H,26,32)(H,28,29)(H,33,34). The summed E-state index contributed by atoms with van der Waals surface area (Å²) in [5.74, 6) is -5.40. The van der Waals surface area contributed by atoms with Crippen molar-refractivity contribution < 1.29 is 39.3 Å². The van der Waals surface area contributed by atoms with Crippen LogP contribution in [0.1, 0.15) is 32.3 Å². The fourth-order valence-corrected chi connectivity index (χ4v) is 3.07. The zero-order valence-electron chi connectivity index (χ0n) is 19.1. The largest absolute Gasteiger partial charge is 0.481 e. The number of carboxylic acid groups (broad SMARTS) is 2. The Bertz CT molecular complexity index is 862. The molecule has 0 spiro atoms. The summed E-state index contributed by atoms with van der Waals surface area (Å²) in [5.41, 5.74) is 6.59. The first-order chi connectivity index (χ1) is 15.9. The molecule has 0 fully saturated rings. The molecule has 0 aromatic heterocycles. The van der Waals surface area contributed by atoms with Crippen LogP contribution in [0.4, 0.5) is 0 Å². The average molecular weight is 481 g/mol. The van der Waals surface area contributed by atoms with Gasteiger partial charge >= 0.3 is 11.9 Å². The van der Waals surface area contributed by atoms with Crippen LogP contribution in [-0.2, 0) is 30.4 Å². The molecule has 0 saturated carbocycles. The molecule has 0 bridgehead atoms. The maximum Gasteiger partial charge on any atom is 0.328 e. The van der Waals surface area contributed by atoms with Crippen LogP contribution >= 0.6 is 0 Å². The number of benzene rings is 1. The van der Waals surface area contributed by atoms with Gasteiger partial charge in [-0.05, 0) is 17.9 Å². The fraction of sp³-hybridized carbons (Fsp3) is 0.500. The molecule has 34 heavy (non-hydrogen) atoms. The number of nitrogens with two attached hydrogens (primary N) is 1. The van der Waals surface area contributed by atoms with Crippen LogP contribution in [0.15, 0.2) is 30.3 Å². The zero-order chi connectivity index (χ0) is 25.8. The van der Waals surface area contributed by atoms with Gasteiger partial charge in [-0.25, -0.2) is 4.79 Å². The van der Waals surface area contributed by atoms with Crippen LogP contribution < -0.4 is 21.7 Å². The topological polar surface area (TPSA) is 208 Å². The number of carboxylic acids is 2. The molecule has 188 valence electrons. The molecule has 8 N–H and O–H groups in total. The first kappa shape index (κ1) is 28.5. The molecule has 0 aliphatic heterocycles. The summed E-state index contributed by atoms with van der Waals surface area (Å²) in [6.07, 6.45) is -0.454. The SMILES string of the molecule is CC(C)CC(N)C(=O)NC(Cc1ccccc1)C(=O)NC(CC(=O)O)C(=O)NC(CO)C(=O)O. The van der Waals surface area contributed by atoms with Crippen molar-refractivity contribution in [1.82, 2.24) is 16.0 Å². The molecule has 4 atom stereocenters. The Morgan fingerprint density at radius 2 is 1.38 bits per heavy atom. The van der Waals surface area contributed by atoms with E-state index in [0.29, 0.717) is 12.0 Å². The summed E-state index contributed by atoms with van der Waals surface area (Å²) in [6.45, 7) is 2.83. The van der Waals surface area contributed by atoms with E-state index in [2.05, 4.69) is 10.6 Å². The van der Waals surface area contributed by atoms with E-state index in [1.54, 1.807) is 30.3 Å². The number of rotatable bonds is 14. The highest BCUT2D eigenvalue weighted by Crippen LogP contribution is 2.07. The number of carbonyl (C=O) groups excluding carboxylic acids is 3. The molecule has 4 unspecified atom stereocenters. The van der Waals surface area contributed by atoms with Crippen molar-refractivity contribution in [3.05, 3.63) is 35.9 Å². The van der Waals surface area contributed by atoms with E-state index < -0.39 is 66.9 Å².